The van der Waals surface area contributed by atoms with E-state index in [1.54, 1.807) is 6.20 Å². The number of nitrogens with zero attached hydrogens (tertiary/aromatic N) is 2. The summed E-state index contributed by atoms with van der Waals surface area (Å²) in [5.41, 5.74) is -1.25. The fourth-order valence-corrected chi connectivity index (χ4v) is 3.66. The SMILES string of the molecule is CC(C)(C)C1C[C@@](O)(c2nccs2)CCCN1C(=O)O. The molecule has 1 saturated heterocycles. The minimum Gasteiger partial charge on any atom is -0.465 e. The zero-order valence-electron chi connectivity index (χ0n) is 12.2. The van der Waals surface area contributed by atoms with Crippen LogP contribution in [-0.4, -0.2) is 38.8 Å². The molecule has 0 aromatic carbocycles. The van der Waals surface area contributed by atoms with Crippen LogP contribution in [0.5, 0.6) is 0 Å². The van der Waals surface area contributed by atoms with Gasteiger partial charge in [0.15, 0.2) is 0 Å². The van der Waals surface area contributed by atoms with Gasteiger partial charge in [-0.2, -0.15) is 0 Å². The third kappa shape index (κ3) is 2.96. The number of thiazole rings is 1. The molecule has 1 aromatic heterocycles. The summed E-state index contributed by atoms with van der Waals surface area (Å²) in [6.45, 7) is 6.51. The molecule has 1 amide bonds. The van der Waals surface area contributed by atoms with Gasteiger partial charge in [-0.15, -0.1) is 11.3 Å². The molecule has 6 heteroatoms. The first-order valence-electron chi connectivity index (χ1n) is 6.86. The fourth-order valence-electron chi connectivity index (χ4n) is 2.88. The lowest BCUT2D eigenvalue weighted by Crippen LogP contribution is -2.48. The summed E-state index contributed by atoms with van der Waals surface area (Å²) in [4.78, 5) is 17.2. The van der Waals surface area contributed by atoms with E-state index in [0.29, 0.717) is 30.8 Å². The minimum absolute atomic E-state index is 0.226. The molecule has 0 spiro atoms. The highest BCUT2D eigenvalue weighted by molar-refractivity contribution is 7.09. The zero-order valence-corrected chi connectivity index (χ0v) is 13.0. The number of likely N-dealkylation sites (tertiary alicyclic amines) is 1. The molecule has 20 heavy (non-hydrogen) atoms. The van der Waals surface area contributed by atoms with E-state index >= 15 is 0 Å². The van der Waals surface area contributed by atoms with Crippen LogP contribution in [0.25, 0.3) is 0 Å². The molecular weight excluding hydrogens is 276 g/mol. The van der Waals surface area contributed by atoms with Crippen LogP contribution in [0.15, 0.2) is 11.6 Å². The summed E-state index contributed by atoms with van der Waals surface area (Å²) in [6, 6.07) is -0.226. The lowest BCUT2D eigenvalue weighted by Gasteiger charge is -2.40. The van der Waals surface area contributed by atoms with Gasteiger partial charge >= 0.3 is 6.09 Å². The Bertz CT molecular complexity index is 469. The Morgan fingerprint density at radius 3 is 2.75 bits per heavy atom. The van der Waals surface area contributed by atoms with Gasteiger partial charge in [-0.1, -0.05) is 20.8 Å². The molecule has 0 bridgehead atoms. The van der Waals surface area contributed by atoms with Gasteiger partial charge in [-0.25, -0.2) is 9.78 Å². The van der Waals surface area contributed by atoms with Gasteiger partial charge in [0.05, 0.1) is 0 Å². The van der Waals surface area contributed by atoms with Gasteiger partial charge < -0.3 is 15.1 Å². The second-order valence-electron chi connectivity index (χ2n) is 6.53. The van der Waals surface area contributed by atoms with E-state index in [1.165, 1.54) is 16.2 Å². The van der Waals surface area contributed by atoms with E-state index < -0.39 is 11.7 Å². The quantitative estimate of drug-likeness (QED) is 0.836. The molecule has 1 aromatic rings. The Labute approximate surface area is 123 Å². The molecule has 1 aliphatic rings. The highest BCUT2D eigenvalue weighted by atomic mass is 32.1. The smallest absolute Gasteiger partial charge is 0.407 e. The Morgan fingerprint density at radius 1 is 1.55 bits per heavy atom. The largest absolute Gasteiger partial charge is 0.465 e. The van der Waals surface area contributed by atoms with E-state index in [4.69, 9.17) is 0 Å². The summed E-state index contributed by atoms with van der Waals surface area (Å²) < 4.78 is 0. The lowest BCUT2D eigenvalue weighted by atomic mass is 9.79. The van der Waals surface area contributed by atoms with E-state index in [0.717, 1.165) is 0 Å². The van der Waals surface area contributed by atoms with Gasteiger partial charge in [0, 0.05) is 30.6 Å². The summed E-state index contributed by atoms with van der Waals surface area (Å²) >= 11 is 1.43. The average molecular weight is 298 g/mol. The van der Waals surface area contributed by atoms with Crippen LogP contribution >= 0.6 is 11.3 Å². The van der Waals surface area contributed by atoms with Crippen molar-refractivity contribution in [3.05, 3.63) is 16.6 Å². The van der Waals surface area contributed by atoms with Crippen LogP contribution in [0.2, 0.25) is 0 Å². The van der Waals surface area contributed by atoms with Crippen LogP contribution in [0.3, 0.4) is 0 Å². The number of rotatable bonds is 1. The van der Waals surface area contributed by atoms with Crippen LogP contribution in [0.4, 0.5) is 4.79 Å². The van der Waals surface area contributed by atoms with Crippen LogP contribution in [0, 0.1) is 5.41 Å². The van der Waals surface area contributed by atoms with Gasteiger partial charge in [-0.3, -0.25) is 0 Å². The van der Waals surface area contributed by atoms with Crippen molar-refractivity contribution in [1.82, 2.24) is 9.88 Å². The van der Waals surface area contributed by atoms with E-state index in [-0.39, 0.29) is 11.5 Å². The maximum absolute atomic E-state index is 11.5. The number of hydrogen-bond acceptors (Lipinski definition) is 4. The molecule has 1 fully saturated rings. The van der Waals surface area contributed by atoms with Gasteiger partial charge in [0.1, 0.15) is 10.6 Å². The predicted molar refractivity (Wildman–Crippen MR) is 77.8 cm³/mol. The second-order valence-corrected chi connectivity index (χ2v) is 7.43. The molecule has 1 unspecified atom stereocenters. The Kier molecular flexibility index (Phi) is 4.07. The predicted octanol–water partition coefficient (Wildman–Crippen LogP) is 2.91. The van der Waals surface area contributed by atoms with Gasteiger partial charge in [0.25, 0.3) is 0 Å². The topological polar surface area (TPSA) is 73.7 Å². The van der Waals surface area contributed by atoms with Crippen LogP contribution in [-0.2, 0) is 5.60 Å². The number of hydrogen-bond donors (Lipinski definition) is 2. The number of aliphatic hydroxyl groups is 1. The van der Waals surface area contributed by atoms with Crippen molar-refractivity contribution < 1.29 is 15.0 Å². The van der Waals surface area contributed by atoms with E-state index in [1.807, 2.05) is 26.2 Å². The maximum atomic E-state index is 11.5. The Hall–Kier alpha value is -1.14. The van der Waals surface area contributed by atoms with Crippen LogP contribution < -0.4 is 0 Å². The molecule has 0 aliphatic carbocycles. The van der Waals surface area contributed by atoms with Crippen molar-refractivity contribution in [3.8, 4) is 0 Å². The first kappa shape index (κ1) is 15.3. The highest BCUT2D eigenvalue weighted by Gasteiger charge is 2.44. The molecule has 2 N–H and O–H groups in total. The molecule has 5 nitrogen and oxygen atoms in total. The molecule has 1 aliphatic heterocycles. The zero-order chi connectivity index (χ0) is 15.0. The Morgan fingerprint density at radius 2 is 2.25 bits per heavy atom. The summed E-state index contributed by atoms with van der Waals surface area (Å²) in [7, 11) is 0. The van der Waals surface area contributed by atoms with Crippen molar-refractivity contribution in [3.63, 3.8) is 0 Å². The van der Waals surface area contributed by atoms with E-state index in [9.17, 15) is 15.0 Å². The monoisotopic (exact) mass is 298 g/mol. The van der Waals surface area contributed by atoms with Crippen LogP contribution in [0.1, 0.15) is 45.0 Å². The molecule has 2 rings (SSSR count). The molecule has 112 valence electrons. The molecule has 2 heterocycles. The van der Waals surface area contributed by atoms with Crippen molar-refractivity contribution >= 4 is 17.4 Å². The molecule has 0 saturated carbocycles. The van der Waals surface area contributed by atoms with Crippen molar-refractivity contribution in [2.45, 2.75) is 51.7 Å². The normalized spacial score (nSPS) is 28.2. The Balaban J connectivity index is 2.35. The fraction of sp³-hybridized carbons (Fsp3) is 0.714. The number of amides is 1. The minimum atomic E-state index is -1.02. The number of carboxylic acid groups (broad SMARTS) is 1. The standard InChI is InChI=1S/C14H22N2O3S/c1-13(2,3)10-9-14(19,11-15-6-8-20-11)5-4-7-16(10)12(17)18/h6,8,10,19H,4-5,7,9H2,1-3H3,(H,17,18)/t10?,14-/m1/s1. The number of aromatic nitrogens is 1. The first-order chi connectivity index (χ1) is 9.24. The van der Waals surface area contributed by atoms with Gasteiger partial charge in [-0.05, 0) is 18.3 Å². The summed E-state index contributed by atoms with van der Waals surface area (Å²) in [5, 5.41) is 22.9. The third-order valence-electron chi connectivity index (χ3n) is 3.97. The third-order valence-corrected chi connectivity index (χ3v) is 4.94. The van der Waals surface area contributed by atoms with Crippen molar-refractivity contribution in [2.24, 2.45) is 5.41 Å². The van der Waals surface area contributed by atoms with Crippen molar-refractivity contribution in [1.29, 1.82) is 0 Å². The molecule has 0 radical (unpaired) electrons. The summed E-state index contributed by atoms with van der Waals surface area (Å²) in [6.07, 6.45) is 2.37. The van der Waals surface area contributed by atoms with Gasteiger partial charge in [0.2, 0.25) is 0 Å². The second kappa shape index (κ2) is 5.33. The molecule has 2 atom stereocenters. The number of carbonyl (C=O) groups is 1. The van der Waals surface area contributed by atoms with Crippen molar-refractivity contribution in [2.75, 3.05) is 6.54 Å². The first-order valence-corrected chi connectivity index (χ1v) is 7.74. The lowest BCUT2D eigenvalue weighted by molar-refractivity contribution is -0.0107. The average Bonchev–Trinajstić information content (AvgIpc) is 2.79. The maximum Gasteiger partial charge on any atom is 0.407 e. The molecular formula is C14H22N2O3S. The summed E-state index contributed by atoms with van der Waals surface area (Å²) in [5.74, 6) is 0. The highest BCUT2D eigenvalue weighted by Crippen LogP contribution is 2.41. The van der Waals surface area contributed by atoms with E-state index in [2.05, 4.69) is 4.98 Å².